The molecular weight excluding hydrogens is 449 g/mol. The van der Waals surface area contributed by atoms with Crippen molar-refractivity contribution in [3.05, 3.63) is 65.6 Å². The van der Waals surface area contributed by atoms with Crippen LogP contribution in [-0.2, 0) is 30.0 Å². The molecule has 0 saturated heterocycles. The second-order valence-electron chi connectivity index (χ2n) is 7.56. The van der Waals surface area contributed by atoms with E-state index in [0.717, 1.165) is 5.69 Å². The summed E-state index contributed by atoms with van der Waals surface area (Å²) in [6.07, 6.45) is 0.469. The number of sulfonamides is 1. The molecule has 0 amide bonds. The number of fused-ring (bicyclic) bond motifs is 1. The van der Waals surface area contributed by atoms with Gasteiger partial charge in [-0.2, -0.15) is 9.40 Å². The maximum absolute atomic E-state index is 14.1. The highest BCUT2D eigenvalue weighted by atomic mass is 32.2. The molecular formula is C22H20FN5O4S. The molecule has 1 aliphatic heterocycles. The van der Waals surface area contributed by atoms with Crippen molar-refractivity contribution in [2.75, 3.05) is 13.7 Å². The Hall–Kier alpha value is -3.57. The first-order valence-electron chi connectivity index (χ1n) is 10.2. The number of nitrogens with zero attached hydrogens (tertiary/aromatic N) is 5. The third-order valence-electron chi connectivity index (χ3n) is 5.62. The number of aryl methyl sites for hydroxylation is 1. The molecule has 0 saturated carbocycles. The van der Waals surface area contributed by atoms with E-state index in [0.29, 0.717) is 30.0 Å². The molecule has 170 valence electrons. The Morgan fingerprint density at radius 1 is 1.09 bits per heavy atom. The maximum atomic E-state index is 14.1. The summed E-state index contributed by atoms with van der Waals surface area (Å²) in [5.41, 5.74) is 2.13. The van der Waals surface area contributed by atoms with Gasteiger partial charge in [0.05, 0.1) is 17.6 Å². The van der Waals surface area contributed by atoms with Crippen LogP contribution in [-0.4, -0.2) is 46.4 Å². The average molecular weight is 469 g/mol. The highest BCUT2D eigenvalue weighted by Gasteiger charge is 2.33. The van der Waals surface area contributed by atoms with E-state index in [4.69, 9.17) is 9.15 Å². The molecule has 0 atom stereocenters. The van der Waals surface area contributed by atoms with Gasteiger partial charge in [-0.05, 0) is 24.3 Å². The SMILES string of the molecule is COc1cccc(S(=O)(=O)N2CCc3c(c(-c4nnc(-c5ccccc5F)o4)nn3C)C2)c1. The van der Waals surface area contributed by atoms with Crippen molar-refractivity contribution >= 4 is 10.0 Å². The van der Waals surface area contributed by atoms with E-state index in [9.17, 15) is 12.8 Å². The van der Waals surface area contributed by atoms with Gasteiger partial charge >= 0.3 is 0 Å². The Bertz CT molecular complexity index is 1450. The first-order valence-corrected chi connectivity index (χ1v) is 11.6. The van der Waals surface area contributed by atoms with Gasteiger partial charge < -0.3 is 9.15 Å². The summed E-state index contributed by atoms with van der Waals surface area (Å²) in [5.74, 6) is 0.110. The lowest BCUT2D eigenvalue weighted by molar-refractivity contribution is 0.384. The molecule has 33 heavy (non-hydrogen) atoms. The highest BCUT2D eigenvalue weighted by Crippen LogP contribution is 2.33. The molecule has 9 nitrogen and oxygen atoms in total. The van der Waals surface area contributed by atoms with Crippen molar-refractivity contribution in [1.82, 2.24) is 24.3 Å². The lowest BCUT2D eigenvalue weighted by Crippen LogP contribution is -2.36. The number of hydrogen-bond acceptors (Lipinski definition) is 7. The number of hydrogen-bond donors (Lipinski definition) is 0. The summed E-state index contributed by atoms with van der Waals surface area (Å²) < 4.78 is 54.7. The van der Waals surface area contributed by atoms with Crippen LogP contribution in [0.15, 0.2) is 57.8 Å². The molecule has 0 fully saturated rings. The van der Waals surface area contributed by atoms with Crippen LogP contribution >= 0.6 is 0 Å². The number of rotatable bonds is 5. The van der Waals surface area contributed by atoms with Gasteiger partial charge in [0.1, 0.15) is 11.6 Å². The predicted octanol–water partition coefficient (Wildman–Crippen LogP) is 3.03. The second-order valence-corrected chi connectivity index (χ2v) is 9.50. The van der Waals surface area contributed by atoms with Crippen LogP contribution in [0.3, 0.4) is 0 Å². The van der Waals surface area contributed by atoms with Gasteiger partial charge in [-0.1, -0.05) is 18.2 Å². The molecule has 3 heterocycles. The van der Waals surface area contributed by atoms with Crippen molar-refractivity contribution < 1.29 is 22.0 Å². The Balaban J connectivity index is 1.50. The van der Waals surface area contributed by atoms with Crippen molar-refractivity contribution in [2.45, 2.75) is 17.9 Å². The Morgan fingerprint density at radius 3 is 2.67 bits per heavy atom. The fraction of sp³-hybridized carbons (Fsp3) is 0.227. The molecule has 2 aromatic heterocycles. The van der Waals surface area contributed by atoms with Crippen molar-refractivity contribution in [2.24, 2.45) is 7.05 Å². The molecule has 0 unspecified atom stereocenters. The van der Waals surface area contributed by atoms with Crippen LogP contribution in [0.1, 0.15) is 11.3 Å². The Labute approximate surface area is 189 Å². The van der Waals surface area contributed by atoms with Crippen LogP contribution in [0.4, 0.5) is 4.39 Å². The van der Waals surface area contributed by atoms with Crippen molar-refractivity contribution in [1.29, 1.82) is 0 Å². The van der Waals surface area contributed by atoms with Crippen LogP contribution in [0, 0.1) is 5.82 Å². The summed E-state index contributed by atoms with van der Waals surface area (Å²) in [6, 6.07) is 12.5. The minimum absolute atomic E-state index is 0.0270. The van der Waals surface area contributed by atoms with Crippen LogP contribution < -0.4 is 4.74 Å². The van der Waals surface area contributed by atoms with E-state index in [1.165, 1.54) is 29.6 Å². The number of methoxy groups -OCH3 is 1. The monoisotopic (exact) mass is 469 g/mol. The molecule has 4 aromatic rings. The average Bonchev–Trinajstić information content (AvgIpc) is 3.44. The fourth-order valence-corrected chi connectivity index (χ4v) is 5.36. The lowest BCUT2D eigenvalue weighted by atomic mass is 10.1. The summed E-state index contributed by atoms with van der Waals surface area (Å²) in [4.78, 5) is 0.148. The van der Waals surface area contributed by atoms with Crippen LogP contribution in [0.5, 0.6) is 5.75 Å². The van der Waals surface area contributed by atoms with E-state index < -0.39 is 15.8 Å². The third kappa shape index (κ3) is 3.68. The van der Waals surface area contributed by atoms with E-state index in [2.05, 4.69) is 15.3 Å². The lowest BCUT2D eigenvalue weighted by Gasteiger charge is -2.26. The van der Waals surface area contributed by atoms with Crippen LogP contribution in [0.2, 0.25) is 0 Å². The smallest absolute Gasteiger partial charge is 0.268 e. The molecule has 0 spiro atoms. The van der Waals surface area contributed by atoms with Crippen molar-refractivity contribution in [3.8, 4) is 28.8 Å². The predicted molar refractivity (Wildman–Crippen MR) is 116 cm³/mol. The zero-order valence-corrected chi connectivity index (χ0v) is 18.7. The standard InChI is InChI=1S/C22H20FN5O4S/c1-27-19-10-11-28(33(29,30)15-7-5-6-14(12-15)31-2)13-17(19)20(26-27)22-25-24-21(32-22)16-8-3-4-9-18(16)23/h3-9,12H,10-11,13H2,1-2H3. The molecule has 0 N–H and O–H groups in total. The molecule has 2 aromatic carbocycles. The van der Waals surface area contributed by atoms with Crippen molar-refractivity contribution in [3.63, 3.8) is 0 Å². The number of halogens is 1. The molecule has 0 aliphatic carbocycles. The summed E-state index contributed by atoms with van der Waals surface area (Å²) in [6.45, 7) is 0.394. The minimum Gasteiger partial charge on any atom is -0.497 e. The minimum atomic E-state index is -3.77. The molecule has 11 heteroatoms. The van der Waals surface area contributed by atoms with Gasteiger partial charge in [-0.25, -0.2) is 12.8 Å². The largest absolute Gasteiger partial charge is 0.497 e. The Kier molecular flexibility index (Phi) is 5.22. The zero-order valence-electron chi connectivity index (χ0n) is 17.9. The van der Waals surface area contributed by atoms with Crippen LogP contribution in [0.25, 0.3) is 23.0 Å². The topological polar surface area (TPSA) is 103 Å². The summed E-state index contributed by atoms with van der Waals surface area (Å²) in [5, 5.41) is 12.5. The first kappa shape index (κ1) is 21.3. The number of ether oxygens (including phenoxy) is 1. The highest BCUT2D eigenvalue weighted by molar-refractivity contribution is 7.89. The summed E-state index contributed by atoms with van der Waals surface area (Å²) in [7, 11) is -0.503. The second kappa shape index (κ2) is 8.09. The number of benzene rings is 2. The molecule has 5 rings (SSSR count). The van der Waals surface area contributed by atoms with Gasteiger partial charge in [0.25, 0.3) is 11.8 Å². The zero-order chi connectivity index (χ0) is 23.2. The summed E-state index contributed by atoms with van der Waals surface area (Å²) >= 11 is 0. The van der Waals surface area contributed by atoms with Gasteiger partial charge in [0.2, 0.25) is 10.0 Å². The molecule has 1 aliphatic rings. The van der Waals surface area contributed by atoms with E-state index in [1.54, 1.807) is 42.1 Å². The molecule has 0 bridgehead atoms. The Morgan fingerprint density at radius 2 is 1.88 bits per heavy atom. The quantitative estimate of drug-likeness (QED) is 0.443. The van der Waals surface area contributed by atoms with Gasteiger partial charge in [-0.15, -0.1) is 10.2 Å². The first-order chi connectivity index (χ1) is 15.9. The van der Waals surface area contributed by atoms with E-state index in [1.807, 2.05) is 0 Å². The van der Waals surface area contributed by atoms with Gasteiger partial charge in [-0.3, -0.25) is 4.68 Å². The van der Waals surface area contributed by atoms with Gasteiger partial charge in [0, 0.05) is 43.9 Å². The van der Waals surface area contributed by atoms with Gasteiger partial charge in [0.15, 0.2) is 5.69 Å². The fourth-order valence-electron chi connectivity index (χ4n) is 3.92. The van der Waals surface area contributed by atoms with E-state index >= 15 is 0 Å². The maximum Gasteiger partial charge on any atom is 0.268 e. The molecule has 0 radical (unpaired) electrons. The van der Waals surface area contributed by atoms with E-state index in [-0.39, 0.29) is 28.8 Å². The number of aromatic nitrogens is 4. The normalized spacial score (nSPS) is 14.3. The third-order valence-corrected chi connectivity index (χ3v) is 7.46.